The molecule has 11 nitrogen and oxygen atoms in total. The van der Waals surface area contributed by atoms with E-state index in [1.54, 1.807) is 62.4 Å². The van der Waals surface area contributed by atoms with E-state index in [0.29, 0.717) is 45.3 Å². The third-order valence-electron chi connectivity index (χ3n) is 12.9. The van der Waals surface area contributed by atoms with E-state index >= 15 is 4.79 Å². The Morgan fingerprint density at radius 2 is 1.41 bits per heavy atom. The molecule has 4 aliphatic rings. The Balaban J connectivity index is 1.24. The Kier molecular flexibility index (Phi) is 12.0. The van der Waals surface area contributed by atoms with Crippen molar-refractivity contribution >= 4 is 47.3 Å². The van der Waals surface area contributed by atoms with E-state index < -0.39 is 64.7 Å². The van der Waals surface area contributed by atoms with Crippen molar-refractivity contribution in [2.45, 2.75) is 103 Å². The molecule has 0 amide bonds. The van der Waals surface area contributed by atoms with Gasteiger partial charge in [-0.15, -0.1) is 0 Å². The van der Waals surface area contributed by atoms with Crippen molar-refractivity contribution in [3.63, 3.8) is 0 Å². The van der Waals surface area contributed by atoms with Crippen molar-refractivity contribution in [3.8, 4) is 0 Å². The number of fused-ring (bicyclic) bond motifs is 5. The minimum atomic E-state index is -1.63. The summed E-state index contributed by atoms with van der Waals surface area (Å²) >= 11 is 12.3. The molecule has 3 aliphatic carbocycles. The van der Waals surface area contributed by atoms with E-state index in [9.17, 15) is 19.5 Å². The van der Waals surface area contributed by atoms with Gasteiger partial charge in [0.05, 0.1) is 23.7 Å². The number of aliphatic hydroxyl groups is 1. The second kappa shape index (κ2) is 16.7. The van der Waals surface area contributed by atoms with Crippen molar-refractivity contribution in [2.24, 2.45) is 22.7 Å². The first-order chi connectivity index (χ1) is 27.6. The fourth-order valence-corrected chi connectivity index (χ4v) is 9.85. The molecular weight excluding hydrogens is 787 g/mol. The number of ether oxygens (including phenoxy) is 6. The minimum Gasteiger partial charge on any atom is -0.458 e. The number of carbonyl (C=O) groups is 4. The van der Waals surface area contributed by atoms with Crippen LogP contribution < -0.4 is 0 Å². The van der Waals surface area contributed by atoms with Gasteiger partial charge in [-0.1, -0.05) is 91.6 Å². The van der Waals surface area contributed by atoms with Gasteiger partial charge >= 0.3 is 18.3 Å². The Morgan fingerprint density at radius 1 is 0.810 bits per heavy atom. The van der Waals surface area contributed by atoms with Crippen LogP contribution in [0.4, 0.5) is 9.59 Å². The monoisotopic (exact) mass is 834 g/mol. The maximum atomic E-state index is 15.6. The normalized spacial score (nSPS) is 29.7. The molecule has 3 aromatic carbocycles. The van der Waals surface area contributed by atoms with E-state index in [4.69, 9.17) is 51.6 Å². The van der Waals surface area contributed by atoms with E-state index in [1.165, 1.54) is 0 Å². The highest BCUT2D eigenvalue weighted by Gasteiger charge is 2.69. The molecule has 1 saturated heterocycles. The number of aryl methyl sites for hydroxylation is 1. The van der Waals surface area contributed by atoms with E-state index in [1.807, 2.05) is 44.2 Å². The van der Waals surface area contributed by atoms with Crippen molar-refractivity contribution < 1.29 is 52.7 Å². The summed E-state index contributed by atoms with van der Waals surface area (Å²) in [6.45, 7) is 7.03. The summed E-state index contributed by atoms with van der Waals surface area (Å²) in [6, 6.07) is 23.2. The number of halogens is 2. The third-order valence-corrected chi connectivity index (χ3v) is 13.4. The highest BCUT2D eigenvalue weighted by Crippen LogP contribution is 2.62. The lowest BCUT2D eigenvalue weighted by Gasteiger charge is -2.62. The standard InChI is InChI=1S/C45H48Cl2O11/c1-26-35(56-37(48)17-16-27-10-6-5-7-11-27)22-45(52)21-33-32-25-53-34(32)20-36(57-41(50)54-23-28-12-8-14-30(46)18-28)44(33,4)40(49)39(38(26)43(45,2)3)58-42(51)55-24-29-13-9-15-31(47)19-29/h5-15,18-19,32-36,39,52H,16-17,20-25H2,1-4H3/t32?,33?,34?,35-,36?,39?,44?,45?/m0/s1. The van der Waals surface area contributed by atoms with Crippen molar-refractivity contribution in [1.29, 1.82) is 0 Å². The summed E-state index contributed by atoms with van der Waals surface area (Å²) in [5.41, 5.74) is -1.31. The molecule has 0 aromatic heterocycles. The third kappa shape index (κ3) is 8.24. The van der Waals surface area contributed by atoms with Crippen molar-refractivity contribution in [3.05, 3.63) is 117 Å². The van der Waals surface area contributed by atoms with Gasteiger partial charge in [0.1, 0.15) is 25.4 Å². The van der Waals surface area contributed by atoms with Crippen LogP contribution in [0.2, 0.25) is 10.0 Å². The summed E-state index contributed by atoms with van der Waals surface area (Å²) in [4.78, 5) is 56.1. The lowest BCUT2D eigenvalue weighted by Crippen LogP contribution is -2.69. The topological polar surface area (TPSA) is 144 Å². The van der Waals surface area contributed by atoms with E-state index in [0.717, 1.165) is 5.56 Å². The maximum absolute atomic E-state index is 15.6. The molecule has 3 fully saturated rings. The van der Waals surface area contributed by atoms with Gasteiger partial charge in [-0.3, -0.25) is 9.59 Å². The summed E-state index contributed by atoms with van der Waals surface area (Å²) in [6.07, 6.45) is -5.38. The summed E-state index contributed by atoms with van der Waals surface area (Å²) in [5, 5.41) is 14.0. The quantitative estimate of drug-likeness (QED) is 0.119. The first-order valence-corrected chi connectivity index (χ1v) is 20.3. The molecular formula is C45H48Cl2O11. The van der Waals surface area contributed by atoms with Gasteiger partial charge in [0.15, 0.2) is 11.9 Å². The number of benzene rings is 3. The van der Waals surface area contributed by atoms with Crippen LogP contribution >= 0.6 is 23.2 Å². The van der Waals surface area contributed by atoms with Crippen LogP contribution in [0.15, 0.2) is 90.0 Å². The predicted octanol–water partition coefficient (Wildman–Crippen LogP) is 8.77. The molecule has 3 aromatic rings. The van der Waals surface area contributed by atoms with Crippen LogP contribution in [0.25, 0.3) is 0 Å². The number of rotatable bonds is 10. The number of ketones is 1. The molecule has 8 atom stereocenters. The van der Waals surface area contributed by atoms with Crippen LogP contribution in [-0.2, 0) is 57.6 Å². The van der Waals surface area contributed by atoms with E-state index in [-0.39, 0.29) is 50.9 Å². The van der Waals surface area contributed by atoms with Gasteiger partial charge in [0, 0.05) is 40.6 Å². The van der Waals surface area contributed by atoms with Gasteiger partial charge in [-0.05, 0) is 84.7 Å². The van der Waals surface area contributed by atoms with Gasteiger partial charge in [0.2, 0.25) is 0 Å². The highest BCUT2D eigenvalue weighted by atomic mass is 35.5. The van der Waals surface area contributed by atoms with Crippen LogP contribution in [0.1, 0.15) is 70.1 Å². The molecule has 58 heavy (non-hydrogen) atoms. The maximum Gasteiger partial charge on any atom is 0.509 e. The largest absolute Gasteiger partial charge is 0.509 e. The van der Waals surface area contributed by atoms with Crippen LogP contribution in [-0.4, -0.2) is 65.8 Å². The Morgan fingerprint density at radius 3 is 2.00 bits per heavy atom. The van der Waals surface area contributed by atoms with Crippen LogP contribution in [0, 0.1) is 22.7 Å². The lowest BCUT2D eigenvalue weighted by molar-refractivity contribution is -0.245. The number of carbonyl (C=O) groups excluding carboxylic acids is 4. The van der Waals surface area contributed by atoms with Crippen LogP contribution in [0.5, 0.6) is 0 Å². The Labute approximate surface area is 347 Å². The average molecular weight is 836 g/mol. The second-order valence-corrected chi connectivity index (χ2v) is 17.5. The lowest BCUT2D eigenvalue weighted by atomic mass is 9.47. The minimum absolute atomic E-state index is 0.0184. The molecule has 308 valence electrons. The molecule has 7 unspecified atom stereocenters. The van der Waals surface area contributed by atoms with Crippen molar-refractivity contribution in [1.82, 2.24) is 0 Å². The summed E-state index contributed by atoms with van der Waals surface area (Å²) in [7, 11) is 0. The first-order valence-electron chi connectivity index (χ1n) is 19.6. The van der Waals surface area contributed by atoms with Gasteiger partial charge in [0.25, 0.3) is 0 Å². The number of hydrogen-bond donors (Lipinski definition) is 1. The molecule has 0 radical (unpaired) electrons. The number of Topliss-reactive ketones (excluding diaryl/α,β-unsaturated/α-hetero) is 1. The van der Waals surface area contributed by atoms with Gasteiger partial charge in [-0.25, -0.2) is 9.59 Å². The van der Waals surface area contributed by atoms with Gasteiger partial charge < -0.3 is 33.5 Å². The Bertz CT molecular complexity index is 2080. The number of hydrogen-bond acceptors (Lipinski definition) is 11. The van der Waals surface area contributed by atoms with Gasteiger partial charge in [-0.2, -0.15) is 0 Å². The van der Waals surface area contributed by atoms with Crippen molar-refractivity contribution in [2.75, 3.05) is 6.61 Å². The molecule has 1 heterocycles. The molecule has 2 bridgehead atoms. The highest BCUT2D eigenvalue weighted by molar-refractivity contribution is 6.30. The molecule has 2 saturated carbocycles. The SMILES string of the molecule is CC1=C2C(OC(=O)OCc3cccc(Cl)c3)C(=O)C3(C)C(OC(=O)OCc4cccc(Cl)c4)CC4OCC4C3CC(O)(C[C@@H]1OC(=O)CCc1ccccc1)C2(C)C. The molecule has 13 heteroatoms. The van der Waals surface area contributed by atoms with E-state index in [2.05, 4.69) is 0 Å². The molecule has 0 spiro atoms. The smallest absolute Gasteiger partial charge is 0.458 e. The molecule has 1 aliphatic heterocycles. The Hall–Kier alpha value is -4.42. The fraction of sp³-hybridized carbons (Fsp3) is 0.467. The zero-order chi connectivity index (χ0) is 41.4. The number of esters is 1. The molecule has 1 N–H and O–H groups in total. The second-order valence-electron chi connectivity index (χ2n) is 16.6. The average Bonchev–Trinajstić information content (AvgIpc) is 3.17. The fourth-order valence-electron chi connectivity index (χ4n) is 9.43. The summed E-state index contributed by atoms with van der Waals surface area (Å²) < 4.78 is 35.3. The zero-order valence-corrected chi connectivity index (χ0v) is 34.4. The molecule has 7 rings (SSSR count). The predicted molar refractivity (Wildman–Crippen MR) is 213 cm³/mol. The zero-order valence-electron chi connectivity index (χ0n) is 32.9. The van der Waals surface area contributed by atoms with Crippen LogP contribution in [0.3, 0.4) is 0 Å². The summed E-state index contributed by atoms with van der Waals surface area (Å²) in [5.74, 6) is -1.84. The first kappa shape index (κ1) is 41.7.